The molecule has 2 heteroatoms. The first-order chi connectivity index (χ1) is 9.22. The lowest BCUT2D eigenvalue weighted by Gasteiger charge is -2.20. The van der Waals surface area contributed by atoms with Gasteiger partial charge in [0.2, 0.25) is 0 Å². The van der Waals surface area contributed by atoms with Gasteiger partial charge in [-0.2, -0.15) is 0 Å². The number of fused-ring (bicyclic) bond motifs is 1. The Hall–Kier alpha value is -1.21. The van der Waals surface area contributed by atoms with Crippen molar-refractivity contribution in [3.8, 4) is 5.75 Å². The van der Waals surface area contributed by atoms with Gasteiger partial charge in [-0.05, 0) is 41.7 Å². The molecule has 3 rings (SSSR count). The van der Waals surface area contributed by atoms with Gasteiger partial charge < -0.3 is 4.74 Å². The maximum Gasteiger partial charge on any atom is 0.126 e. The van der Waals surface area contributed by atoms with Gasteiger partial charge in [0.05, 0.1) is 12.5 Å². The van der Waals surface area contributed by atoms with Gasteiger partial charge in [-0.1, -0.05) is 37.3 Å². The summed E-state index contributed by atoms with van der Waals surface area (Å²) in [5.41, 5.74) is 1.23. The molecule has 0 saturated heterocycles. The third-order valence-electron chi connectivity index (χ3n) is 4.26. The average molecular weight is 275 g/mol. The van der Waals surface area contributed by atoms with E-state index in [2.05, 4.69) is 31.2 Å². The van der Waals surface area contributed by atoms with Gasteiger partial charge in [-0.25, -0.2) is 0 Å². The van der Waals surface area contributed by atoms with Crippen LogP contribution in [-0.4, -0.2) is 7.11 Å². The van der Waals surface area contributed by atoms with E-state index in [-0.39, 0.29) is 5.38 Å². The van der Waals surface area contributed by atoms with E-state index in [1.165, 1.54) is 23.8 Å². The second kappa shape index (κ2) is 5.05. The third-order valence-corrected chi connectivity index (χ3v) is 4.89. The average Bonchev–Trinajstić information content (AvgIpc) is 3.29. The molecule has 1 saturated carbocycles. The molecular formula is C17H19ClO. The molecule has 19 heavy (non-hydrogen) atoms. The molecule has 1 nitrogen and oxygen atoms in total. The Kier molecular flexibility index (Phi) is 3.40. The summed E-state index contributed by atoms with van der Waals surface area (Å²) in [6.45, 7) is 2.27. The van der Waals surface area contributed by atoms with E-state index in [9.17, 15) is 0 Å². The molecule has 1 fully saturated rings. The lowest BCUT2D eigenvalue weighted by Crippen LogP contribution is -2.06. The summed E-state index contributed by atoms with van der Waals surface area (Å²) in [6.07, 6.45) is 2.66. The number of benzene rings is 2. The largest absolute Gasteiger partial charge is 0.496 e. The Morgan fingerprint density at radius 1 is 1.11 bits per heavy atom. The van der Waals surface area contributed by atoms with Crippen molar-refractivity contribution in [2.45, 2.75) is 25.1 Å². The summed E-state index contributed by atoms with van der Waals surface area (Å²) < 4.78 is 5.44. The van der Waals surface area contributed by atoms with Crippen molar-refractivity contribution in [3.05, 3.63) is 42.0 Å². The summed E-state index contributed by atoms with van der Waals surface area (Å²) in [7, 11) is 1.71. The van der Waals surface area contributed by atoms with E-state index in [4.69, 9.17) is 16.3 Å². The minimum absolute atomic E-state index is 0.0864. The maximum absolute atomic E-state index is 6.73. The van der Waals surface area contributed by atoms with Crippen LogP contribution in [0.15, 0.2) is 36.4 Å². The highest BCUT2D eigenvalue weighted by molar-refractivity contribution is 6.22. The van der Waals surface area contributed by atoms with Crippen LogP contribution in [0.5, 0.6) is 5.75 Å². The second-order valence-corrected chi connectivity index (χ2v) is 5.97. The number of hydrogen-bond acceptors (Lipinski definition) is 1. The maximum atomic E-state index is 6.73. The molecule has 2 atom stereocenters. The minimum atomic E-state index is 0.0864. The van der Waals surface area contributed by atoms with Crippen LogP contribution in [0.2, 0.25) is 0 Å². The minimum Gasteiger partial charge on any atom is -0.496 e. The van der Waals surface area contributed by atoms with Crippen molar-refractivity contribution in [3.63, 3.8) is 0 Å². The lowest BCUT2D eigenvalue weighted by atomic mass is 9.92. The zero-order valence-electron chi connectivity index (χ0n) is 11.4. The molecule has 0 aliphatic heterocycles. The summed E-state index contributed by atoms with van der Waals surface area (Å²) in [4.78, 5) is 0. The van der Waals surface area contributed by atoms with Gasteiger partial charge in [-0.15, -0.1) is 11.6 Å². The summed E-state index contributed by atoms with van der Waals surface area (Å²) in [6, 6.07) is 12.5. The Bertz CT molecular complexity index is 589. The van der Waals surface area contributed by atoms with Gasteiger partial charge in [0.25, 0.3) is 0 Å². The fourth-order valence-electron chi connectivity index (χ4n) is 2.86. The summed E-state index contributed by atoms with van der Waals surface area (Å²) in [5.74, 6) is 2.27. The van der Waals surface area contributed by atoms with Crippen LogP contribution in [0.1, 0.15) is 30.7 Å². The zero-order valence-corrected chi connectivity index (χ0v) is 12.2. The van der Waals surface area contributed by atoms with Crippen LogP contribution < -0.4 is 4.74 Å². The standard InChI is InChI=1S/C17H19ClO/c1-11(12-7-8-12)17(18)15-9-10-16(19-2)14-6-4-3-5-13(14)15/h3-6,9-12,17H,7-8H2,1-2H3. The van der Waals surface area contributed by atoms with Crippen molar-refractivity contribution in [1.82, 2.24) is 0 Å². The highest BCUT2D eigenvalue weighted by Crippen LogP contribution is 2.47. The SMILES string of the molecule is COc1ccc(C(Cl)C(C)C2CC2)c2ccccc12. The monoisotopic (exact) mass is 274 g/mol. The second-order valence-electron chi connectivity index (χ2n) is 5.50. The van der Waals surface area contributed by atoms with Gasteiger partial charge in [0.15, 0.2) is 0 Å². The molecule has 2 aromatic carbocycles. The van der Waals surface area contributed by atoms with E-state index < -0.39 is 0 Å². The van der Waals surface area contributed by atoms with E-state index in [1.807, 2.05) is 12.1 Å². The first kappa shape index (κ1) is 12.8. The summed E-state index contributed by atoms with van der Waals surface area (Å²) >= 11 is 6.73. The number of rotatable bonds is 4. The van der Waals surface area contributed by atoms with Gasteiger partial charge in [-0.3, -0.25) is 0 Å². The summed E-state index contributed by atoms with van der Waals surface area (Å²) in [5, 5.41) is 2.45. The number of alkyl halides is 1. The van der Waals surface area contributed by atoms with Crippen molar-refractivity contribution >= 4 is 22.4 Å². The Morgan fingerprint density at radius 3 is 2.42 bits per heavy atom. The normalized spacial score (nSPS) is 18.3. The van der Waals surface area contributed by atoms with Crippen LogP contribution in [0.4, 0.5) is 0 Å². The predicted molar refractivity (Wildman–Crippen MR) is 81.0 cm³/mol. The Morgan fingerprint density at radius 2 is 1.79 bits per heavy atom. The molecule has 0 radical (unpaired) electrons. The molecule has 0 spiro atoms. The van der Waals surface area contributed by atoms with Gasteiger partial charge >= 0.3 is 0 Å². The Labute approximate surface area is 119 Å². The van der Waals surface area contributed by atoms with Crippen LogP contribution in [0.25, 0.3) is 10.8 Å². The molecule has 1 aliphatic carbocycles. The first-order valence-electron chi connectivity index (χ1n) is 6.92. The molecule has 2 aromatic rings. The van der Waals surface area contributed by atoms with E-state index in [0.29, 0.717) is 5.92 Å². The number of hydrogen-bond donors (Lipinski definition) is 0. The molecule has 1 aliphatic rings. The van der Waals surface area contributed by atoms with Crippen LogP contribution in [0, 0.1) is 11.8 Å². The van der Waals surface area contributed by atoms with Crippen LogP contribution in [0.3, 0.4) is 0 Å². The molecule has 0 amide bonds. The van der Waals surface area contributed by atoms with E-state index in [1.54, 1.807) is 7.11 Å². The molecule has 0 aromatic heterocycles. The predicted octanol–water partition coefficient (Wildman–Crippen LogP) is 5.17. The van der Waals surface area contributed by atoms with Crippen LogP contribution in [-0.2, 0) is 0 Å². The quantitative estimate of drug-likeness (QED) is 0.699. The Balaban J connectivity index is 2.08. The number of ether oxygens (including phenoxy) is 1. The molecule has 2 unspecified atom stereocenters. The van der Waals surface area contributed by atoms with Gasteiger partial charge in [0, 0.05) is 5.39 Å². The smallest absolute Gasteiger partial charge is 0.126 e. The fourth-order valence-corrected chi connectivity index (χ4v) is 3.25. The lowest BCUT2D eigenvalue weighted by molar-refractivity contribution is 0.419. The van der Waals surface area contributed by atoms with Crippen molar-refractivity contribution in [2.75, 3.05) is 7.11 Å². The molecule has 0 bridgehead atoms. The molecule has 0 N–H and O–H groups in total. The molecular weight excluding hydrogens is 256 g/mol. The number of methoxy groups -OCH3 is 1. The third kappa shape index (κ3) is 2.32. The van der Waals surface area contributed by atoms with E-state index >= 15 is 0 Å². The van der Waals surface area contributed by atoms with E-state index in [0.717, 1.165) is 17.1 Å². The highest BCUT2D eigenvalue weighted by atomic mass is 35.5. The first-order valence-corrected chi connectivity index (χ1v) is 7.35. The number of halogens is 1. The van der Waals surface area contributed by atoms with Crippen molar-refractivity contribution in [1.29, 1.82) is 0 Å². The van der Waals surface area contributed by atoms with Crippen LogP contribution >= 0.6 is 11.6 Å². The van der Waals surface area contributed by atoms with Crippen molar-refractivity contribution in [2.24, 2.45) is 11.8 Å². The topological polar surface area (TPSA) is 9.23 Å². The van der Waals surface area contributed by atoms with Gasteiger partial charge in [0.1, 0.15) is 5.75 Å². The van der Waals surface area contributed by atoms with Crippen molar-refractivity contribution < 1.29 is 4.74 Å². The molecule has 100 valence electrons. The molecule has 0 heterocycles. The highest BCUT2D eigenvalue weighted by Gasteiger charge is 2.33. The zero-order chi connectivity index (χ0) is 13.4. The fraction of sp³-hybridized carbons (Fsp3) is 0.412.